The first-order valence-corrected chi connectivity index (χ1v) is 9.98. The minimum atomic E-state index is 0.613. The molecule has 1 aliphatic heterocycles. The molecule has 0 aliphatic carbocycles. The zero-order valence-corrected chi connectivity index (χ0v) is 16.3. The van der Waals surface area contributed by atoms with Crippen LogP contribution in [0.15, 0.2) is 30.5 Å². The lowest BCUT2D eigenvalue weighted by molar-refractivity contribution is 0.120. The van der Waals surface area contributed by atoms with Crippen molar-refractivity contribution >= 4 is 11.3 Å². The summed E-state index contributed by atoms with van der Waals surface area (Å²) in [6.07, 6.45) is 4.31. The van der Waals surface area contributed by atoms with Crippen molar-refractivity contribution < 1.29 is 4.74 Å². The van der Waals surface area contributed by atoms with Crippen LogP contribution in [0.4, 0.5) is 0 Å². The fourth-order valence-corrected chi connectivity index (χ4v) is 4.25. The van der Waals surface area contributed by atoms with Crippen LogP contribution in [0.5, 0.6) is 5.19 Å². The average Bonchev–Trinajstić information content (AvgIpc) is 3.10. The van der Waals surface area contributed by atoms with Gasteiger partial charge in [0.2, 0.25) is 0 Å². The number of piperidine rings is 1. The molecular formula is C20H26N4OS. The lowest BCUT2D eigenvalue weighted by atomic mass is 10.0. The molecule has 0 atom stereocenters. The second kappa shape index (κ2) is 9.13. The summed E-state index contributed by atoms with van der Waals surface area (Å²) in [5.74, 6) is 0. The molecule has 1 aromatic carbocycles. The van der Waals surface area contributed by atoms with E-state index in [1.165, 1.54) is 23.3 Å². The molecule has 0 bridgehead atoms. The first kappa shape index (κ1) is 18.8. The van der Waals surface area contributed by atoms with Crippen LogP contribution in [-0.2, 0) is 13.1 Å². The summed E-state index contributed by atoms with van der Waals surface area (Å²) in [7, 11) is 2.20. The number of benzene rings is 1. The van der Waals surface area contributed by atoms with Gasteiger partial charge in [0.1, 0.15) is 0 Å². The molecule has 6 heteroatoms. The number of aromatic nitrogens is 1. The Morgan fingerprint density at radius 3 is 2.69 bits per heavy atom. The van der Waals surface area contributed by atoms with Crippen molar-refractivity contribution in [2.75, 3.05) is 26.7 Å². The SMILES string of the molecule is CCOc1ncc(CN2CCC(N(C)Cc3ccc(C#N)cc3)CC2)s1. The van der Waals surface area contributed by atoms with Crippen molar-refractivity contribution in [2.45, 2.75) is 38.9 Å². The van der Waals surface area contributed by atoms with Gasteiger partial charge in [-0.1, -0.05) is 23.5 Å². The summed E-state index contributed by atoms with van der Waals surface area (Å²) in [6, 6.07) is 10.7. The van der Waals surface area contributed by atoms with Crippen LogP contribution >= 0.6 is 11.3 Å². The summed E-state index contributed by atoms with van der Waals surface area (Å²) in [4.78, 5) is 10.5. The highest BCUT2D eigenvalue weighted by molar-refractivity contribution is 7.13. The molecule has 1 saturated heterocycles. The monoisotopic (exact) mass is 370 g/mol. The van der Waals surface area contributed by atoms with Crippen molar-refractivity contribution in [2.24, 2.45) is 0 Å². The number of ether oxygens (including phenoxy) is 1. The highest BCUT2D eigenvalue weighted by Crippen LogP contribution is 2.24. The van der Waals surface area contributed by atoms with Gasteiger partial charge in [0.15, 0.2) is 0 Å². The molecule has 2 heterocycles. The Balaban J connectivity index is 1.45. The predicted molar refractivity (Wildman–Crippen MR) is 104 cm³/mol. The maximum atomic E-state index is 8.90. The van der Waals surface area contributed by atoms with Crippen molar-refractivity contribution in [1.29, 1.82) is 5.26 Å². The summed E-state index contributed by atoms with van der Waals surface area (Å²) in [6.45, 7) is 6.79. The van der Waals surface area contributed by atoms with E-state index in [9.17, 15) is 0 Å². The Kier molecular flexibility index (Phi) is 6.62. The Morgan fingerprint density at radius 2 is 2.04 bits per heavy atom. The minimum Gasteiger partial charge on any atom is -0.470 e. The second-order valence-electron chi connectivity index (χ2n) is 6.76. The van der Waals surface area contributed by atoms with Crippen LogP contribution in [0.1, 0.15) is 35.8 Å². The van der Waals surface area contributed by atoms with E-state index in [0.29, 0.717) is 12.6 Å². The fraction of sp³-hybridized carbons (Fsp3) is 0.500. The maximum absolute atomic E-state index is 8.90. The van der Waals surface area contributed by atoms with E-state index >= 15 is 0 Å². The number of likely N-dealkylation sites (tertiary alicyclic amines) is 1. The molecule has 3 rings (SSSR count). The van der Waals surface area contributed by atoms with Gasteiger partial charge < -0.3 is 4.74 Å². The van der Waals surface area contributed by atoms with Gasteiger partial charge >= 0.3 is 0 Å². The minimum absolute atomic E-state index is 0.613. The molecule has 0 spiro atoms. The molecular weight excluding hydrogens is 344 g/mol. The molecule has 2 aromatic rings. The maximum Gasteiger partial charge on any atom is 0.273 e. The highest BCUT2D eigenvalue weighted by atomic mass is 32.1. The molecule has 5 nitrogen and oxygen atoms in total. The van der Waals surface area contributed by atoms with Gasteiger partial charge in [-0.2, -0.15) is 5.26 Å². The summed E-state index contributed by atoms with van der Waals surface area (Å²) in [5, 5.41) is 9.67. The van der Waals surface area contributed by atoms with Gasteiger partial charge in [-0.3, -0.25) is 9.80 Å². The average molecular weight is 371 g/mol. The number of hydrogen-bond acceptors (Lipinski definition) is 6. The lowest BCUT2D eigenvalue weighted by Crippen LogP contribution is -2.42. The summed E-state index contributed by atoms with van der Waals surface area (Å²) in [5.41, 5.74) is 1.99. The largest absolute Gasteiger partial charge is 0.470 e. The van der Waals surface area contributed by atoms with Gasteiger partial charge in [-0.05, 0) is 44.5 Å². The third kappa shape index (κ3) is 5.04. The molecule has 1 fully saturated rings. The van der Waals surface area contributed by atoms with Crippen LogP contribution in [-0.4, -0.2) is 47.6 Å². The highest BCUT2D eigenvalue weighted by Gasteiger charge is 2.23. The molecule has 0 unspecified atom stereocenters. The summed E-state index contributed by atoms with van der Waals surface area (Å²) < 4.78 is 5.46. The molecule has 1 aliphatic rings. The van der Waals surface area contributed by atoms with Crippen LogP contribution < -0.4 is 4.74 Å². The molecule has 26 heavy (non-hydrogen) atoms. The molecule has 1 aromatic heterocycles. The van der Waals surface area contributed by atoms with Gasteiger partial charge in [0.25, 0.3) is 5.19 Å². The predicted octanol–water partition coefficient (Wildman–Crippen LogP) is 3.51. The van der Waals surface area contributed by atoms with Crippen LogP contribution in [0.25, 0.3) is 0 Å². The van der Waals surface area contributed by atoms with Crippen LogP contribution in [0, 0.1) is 11.3 Å². The number of nitriles is 1. The number of nitrogens with zero attached hydrogens (tertiary/aromatic N) is 4. The van der Waals surface area contributed by atoms with E-state index < -0.39 is 0 Å². The summed E-state index contributed by atoms with van der Waals surface area (Å²) >= 11 is 1.65. The van der Waals surface area contributed by atoms with Crippen LogP contribution in [0.3, 0.4) is 0 Å². The molecule has 0 N–H and O–H groups in total. The van der Waals surface area contributed by atoms with E-state index in [4.69, 9.17) is 10.00 Å². The van der Waals surface area contributed by atoms with Gasteiger partial charge in [-0.15, -0.1) is 0 Å². The first-order valence-electron chi connectivity index (χ1n) is 9.17. The van der Waals surface area contributed by atoms with E-state index in [-0.39, 0.29) is 0 Å². The van der Waals surface area contributed by atoms with Crippen LogP contribution in [0.2, 0.25) is 0 Å². The molecule has 0 saturated carbocycles. The topological polar surface area (TPSA) is 52.4 Å². The lowest BCUT2D eigenvalue weighted by Gasteiger charge is -2.36. The third-order valence-corrected chi connectivity index (χ3v) is 5.77. The molecule has 0 radical (unpaired) electrons. The quantitative estimate of drug-likeness (QED) is 0.746. The molecule has 138 valence electrons. The Labute approximate surface area is 159 Å². The van der Waals surface area contributed by atoms with Gasteiger partial charge in [0.05, 0.1) is 18.2 Å². The fourth-order valence-electron chi connectivity index (χ4n) is 3.39. The number of rotatable bonds is 7. The standard InChI is InChI=1S/C20H26N4OS/c1-3-25-20-22-13-19(26-20)15-24-10-8-18(9-11-24)23(2)14-17-6-4-16(12-21)5-7-17/h4-7,13,18H,3,8-11,14-15H2,1-2H3. The van der Waals surface area contributed by atoms with E-state index in [2.05, 4.69) is 40.0 Å². The van der Waals surface area contributed by atoms with Gasteiger partial charge in [-0.25, -0.2) is 4.98 Å². The Morgan fingerprint density at radius 1 is 1.31 bits per heavy atom. The normalized spacial score (nSPS) is 15.9. The number of hydrogen-bond donors (Lipinski definition) is 0. The van der Waals surface area contributed by atoms with Gasteiger partial charge in [0, 0.05) is 43.3 Å². The zero-order chi connectivity index (χ0) is 18.4. The Bertz CT molecular complexity index is 729. The van der Waals surface area contributed by atoms with Crippen molar-refractivity contribution in [1.82, 2.24) is 14.8 Å². The molecule has 0 amide bonds. The van der Waals surface area contributed by atoms with Crippen molar-refractivity contribution in [3.05, 3.63) is 46.5 Å². The number of thiazole rings is 1. The van der Waals surface area contributed by atoms with E-state index in [1.54, 1.807) is 11.3 Å². The third-order valence-electron chi connectivity index (χ3n) is 4.88. The Hall–Kier alpha value is -1.94. The smallest absolute Gasteiger partial charge is 0.273 e. The first-order chi connectivity index (χ1) is 12.7. The van der Waals surface area contributed by atoms with E-state index in [0.717, 1.165) is 36.9 Å². The van der Waals surface area contributed by atoms with Crippen molar-refractivity contribution in [3.63, 3.8) is 0 Å². The zero-order valence-electron chi connectivity index (χ0n) is 15.5. The van der Waals surface area contributed by atoms with Crippen molar-refractivity contribution in [3.8, 4) is 11.3 Å². The van der Waals surface area contributed by atoms with E-state index in [1.807, 2.05) is 25.3 Å². The second-order valence-corrected chi connectivity index (χ2v) is 7.83.